The number of carbonyl (C=O) groups excluding carboxylic acids is 3. The number of halogens is 3. The van der Waals surface area contributed by atoms with E-state index >= 15 is 8.78 Å². The number of benzene rings is 3. The van der Waals surface area contributed by atoms with Gasteiger partial charge in [0.1, 0.15) is 29.0 Å². The molecule has 2 N–H and O–H groups in total. The number of piperidine rings is 2. The normalized spacial score (nSPS) is 19.4. The Kier molecular flexibility index (Phi) is 10.1. The second kappa shape index (κ2) is 15.3. The number of anilines is 2. The summed E-state index contributed by atoms with van der Waals surface area (Å²) in [6, 6.07) is 18.2. The monoisotopic (exact) mass is 856 g/mol. The van der Waals surface area contributed by atoms with E-state index < -0.39 is 23.6 Å². The summed E-state index contributed by atoms with van der Waals surface area (Å²) in [5.41, 5.74) is 1.99. The Balaban J connectivity index is 0.798. The predicted octanol–water partition coefficient (Wildman–Crippen LogP) is 7.30. The van der Waals surface area contributed by atoms with Gasteiger partial charge in [0.25, 0.3) is 5.91 Å². The zero-order valence-electron chi connectivity index (χ0n) is 30.8. The van der Waals surface area contributed by atoms with Crippen LogP contribution in [0.5, 0.6) is 17.2 Å². The quantitative estimate of drug-likeness (QED) is 0.155. The van der Waals surface area contributed by atoms with E-state index in [0.29, 0.717) is 42.4 Å². The molecular formula is C42H39BrF2N6O5S. The first-order valence-corrected chi connectivity index (χ1v) is 20.7. The number of carbonyl (C=O) groups is 3. The van der Waals surface area contributed by atoms with Gasteiger partial charge in [-0.05, 0) is 73.2 Å². The fourth-order valence-corrected chi connectivity index (χ4v) is 9.87. The van der Waals surface area contributed by atoms with Gasteiger partial charge in [0.15, 0.2) is 17.4 Å². The largest absolute Gasteiger partial charge is 0.508 e. The minimum Gasteiger partial charge on any atom is -0.508 e. The molecule has 0 saturated carbocycles. The van der Waals surface area contributed by atoms with Crippen molar-refractivity contribution in [2.24, 2.45) is 5.92 Å². The average molecular weight is 858 g/mol. The number of piperazine rings is 1. The molecule has 3 aromatic carbocycles. The number of pyridine rings is 1. The fraction of sp³-hybridized carbons (Fsp3) is 0.333. The van der Waals surface area contributed by atoms with Crippen molar-refractivity contribution in [3.05, 3.63) is 94.1 Å². The fourth-order valence-electron chi connectivity index (χ4n) is 8.44. The molecular weight excluding hydrogens is 818 g/mol. The number of aromatic nitrogens is 1. The molecule has 4 aliphatic rings. The molecule has 2 aromatic heterocycles. The number of nitrogens with one attached hydrogen (secondary N) is 1. The highest BCUT2D eigenvalue weighted by molar-refractivity contribution is 9.10. The van der Waals surface area contributed by atoms with Crippen molar-refractivity contribution in [2.45, 2.75) is 38.3 Å². The van der Waals surface area contributed by atoms with Gasteiger partial charge in [-0.1, -0.05) is 28.1 Å². The maximum atomic E-state index is 15.8. The molecule has 0 spiro atoms. The van der Waals surface area contributed by atoms with Crippen molar-refractivity contribution >= 4 is 66.6 Å². The third kappa shape index (κ3) is 7.43. The smallest absolute Gasteiger partial charge is 0.256 e. The summed E-state index contributed by atoms with van der Waals surface area (Å²) >= 11 is 4.91. The molecule has 0 bridgehead atoms. The van der Waals surface area contributed by atoms with E-state index in [1.807, 2.05) is 30.3 Å². The van der Waals surface area contributed by atoms with Crippen LogP contribution < -0.4 is 19.9 Å². The van der Waals surface area contributed by atoms with E-state index in [2.05, 4.69) is 31.0 Å². The zero-order valence-corrected chi connectivity index (χ0v) is 33.3. The van der Waals surface area contributed by atoms with Crippen LogP contribution in [0.4, 0.5) is 20.3 Å². The lowest BCUT2D eigenvalue weighted by Crippen LogP contribution is -2.52. The van der Waals surface area contributed by atoms with Crippen molar-refractivity contribution in [3.8, 4) is 27.7 Å². The summed E-state index contributed by atoms with van der Waals surface area (Å²) in [5, 5.41) is 13.2. The highest BCUT2D eigenvalue weighted by atomic mass is 79.9. The molecule has 57 heavy (non-hydrogen) atoms. The van der Waals surface area contributed by atoms with E-state index in [9.17, 15) is 19.5 Å². The van der Waals surface area contributed by atoms with E-state index in [1.165, 1.54) is 28.4 Å². The van der Waals surface area contributed by atoms with Crippen molar-refractivity contribution in [2.75, 3.05) is 55.6 Å². The number of aromatic hydroxyl groups is 1. The van der Waals surface area contributed by atoms with Gasteiger partial charge in [-0.15, -0.1) is 11.3 Å². The van der Waals surface area contributed by atoms with Crippen LogP contribution in [-0.4, -0.2) is 89.5 Å². The number of amides is 3. The van der Waals surface area contributed by atoms with Crippen LogP contribution in [0.25, 0.3) is 20.5 Å². The number of imide groups is 1. The van der Waals surface area contributed by atoms with Gasteiger partial charge >= 0.3 is 0 Å². The SMILES string of the molecule is O=C1CCC(N2Cc3nc(N4CCN(CC5CCN(c6c(F)cc(Oc7c(-c8ccc(Br)cc8)sc8cc(O)ccc78)cc6F)CC5)CC4)ccc3C2=O)C(=O)N1. The number of thiophene rings is 1. The number of nitrogens with zero attached hydrogens (tertiary/aromatic N) is 5. The van der Waals surface area contributed by atoms with Crippen molar-refractivity contribution in [3.63, 3.8) is 0 Å². The topological polar surface area (TPSA) is 119 Å². The van der Waals surface area contributed by atoms with Crippen LogP contribution in [-0.2, 0) is 16.1 Å². The molecule has 0 radical (unpaired) electrons. The molecule has 1 unspecified atom stereocenters. The molecule has 6 heterocycles. The highest BCUT2D eigenvalue weighted by Gasteiger charge is 2.40. The molecule has 4 aliphatic heterocycles. The molecule has 294 valence electrons. The molecule has 3 amide bonds. The number of rotatable bonds is 8. The van der Waals surface area contributed by atoms with Crippen LogP contribution in [0.2, 0.25) is 0 Å². The van der Waals surface area contributed by atoms with Crippen molar-refractivity contribution < 1.29 is 33.0 Å². The molecule has 1 atom stereocenters. The summed E-state index contributed by atoms with van der Waals surface area (Å²) in [4.78, 5) is 50.7. The third-order valence-electron chi connectivity index (χ3n) is 11.4. The lowest BCUT2D eigenvalue weighted by Gasteiger charge is -2.39. The number of phenols is 1. The second-order valence-electron chi connectivity index (χ2n) is 15.1. The van der Waals surface area contributed by atoms with Gasteiger partial charge in [-0.2, -0.15) is 0 Å². The van der Waals surface area contributed by atoms with Crippen LogP contribution in [0.15, 0.2) is 71.2 Å². The Morgan fingerprint density at radius 2 is 1.61 bits per heavy atom. The van der Waals surface area contributed by atoms with Gasteiger partial charge in [0.2, 0.25) is 11.8 Å². The molecule has 5 aromatic rings. The molecule has 9 rings (SSSR count). The van der Waals surface area contributed by atoms with Gasteiger partial charge < -0.3 is 24.5 Å². The van der Waals surface area contributed by atoms with Gasteiger partial charge in [0, 0.05) is 78.9 Å². The summed E-state index contributed by atoms with van der Waals surface area (Å²) in [7, 11) is 0. The van der Waals surface area contributed by atoms with Crippen molar-refractivity contribution in [1.82, 2.24) is 20.1 Å². The maximum Gasteiger partial charge on any atom is 0.256 e. The van der Waals surface area contributed by atoms with E-state index in [4.69, 9.17) is 9.72 Å². The first-order valence-electron chi connectivity index (χ1n) is 19.1. The van der Waals surface area contributed by atoms with Crippen LogP contribution >= 0.6 is 27.3 Å². The van der Waals surface area contributed by atoms with Crippen LogP contribution in [0.3, 0.4) is 0 Å². The summed E-state index contributed by atoms with van der Waals surface area (Å²) < 4.78 is 39.5. The Hall–Kier alpha value is -5.12. The zero-order chi connectivity index (χ0) is 39.4. The second-order valence-corrected chi connectivity index (χ2v) is 17.0. The number of hydrogen-bond acceptors (Lipinski definition) is 10. The standard InChI is InChI=1S/C42H39BrF2N6O5S/c43-26-3-1-25(2-4-26)40-39(30-6-5-27(52)19-35(30)57-40)56-28-20-31(44)38(32(45)21-28)50-13-11-24(12-14-50)22-48-15-17-49(18-16-48)36-9-7-29-33(46-36)23-51(42(29)55)34-8-10-37(53)47-41(34)54/h1-7,9,19-21,24,34,52H,8,10-18,22-23H2,(H,47,53,54). The lowest BCUT2D eigenvalue weighted by molar-refractivity contribution is -0.136. The first kappa shape index (κ1) is 37.5. The third-order valence-corrected chi connectivity index (χ3v) is 13.2. The Labute approximate surface area is 340 Å². The van der Waals surface area contributed by atoms with E-state index in [0.717, 1.165) is 76.4 Å². The molecule has 0 aliphatic carbocycles. The van der Waals surface area contributed by atoms with Crippen LogP contribution in [0, 0.1) is 17.6 Å². The Morgan fingerprint density at radius 1 is 0.877 bits per heavy atom. The van der Waals surface area contributed by atoms with E-state index in [1.54, 1.807) is 29.2 Å². The Morgan fingerprint density at radius 3 is 2.33 bits per heavy atom. The number of fused-ring (bicyclic) bond motifs is 2. The summed E-state index contributed by atoms with van der Waals surface area (Å²) in [6.07, 6.45) is 2.14. The number of hydrogen-bond donors (Lipinski definition) is 2. The van der Waals surface area contributed by atoms with E-state index in [-0.39, 0.29) is 42.0 Å². The lowest BCUT2D eigenvalue weighted by atomic mass is 9.95. The minimum atomic E-state index is -0.671. The summed E-state index contributed by atoms with van der Waals surface area (Å²) in [5.74, 6) is -0.471. The first-order chi connectivity index (χ1) is 27.6. The van der Waals surface area contributed by atoms with Crippen molar-refractivity contribution in [1.29, 1.82) is 0 Å². The molecule has 3 fully saturated rings. The molecule has 15 heteroatoms. The minimum absolute atomic E-state index is 0.0357. The maximum absolute atomic E-state index is 15.8. The summed E-state index contributed by atoms with van der Waals surface area (Å²) in [6.45, 7) is 5.45. The van der Waals surface area contributed by atoms with Gasteiger partial charge in [0.05, 0.1) is 22.7 Å². The predicted molar refractivity (Wildman–Crippen MR) is 217 cm³/mol. The van der Waals surface area contributed by atoms with Gasteiger partial charge in [-0.25, -0.2) is 13.8 Å². The van der Waals surface area contributed by atoms with Gasteiger partial charge in [-0.3, -0.25) is 24.6 Å². The van der Waals surface area contributed by atoms with Crippen LogP contribution in [0.1, 0.15) is 41.7 Å². The molecule has 3 saturated heterocycles. The number of phenolic OH excluding ortho intramolecular Hbond substituents is 1. The number of ether oxygens (including phenoxy) is 1. The highest BCUT2D eigenvalue weighted by Crippen LogP contribution is 2.48. The Bertz CT molecular complexity index is 2370. The average Bonchev–Trinajstić information content (AvgIpc) is 3.71. The molecule has 11 nitrogen and oxygen atoms in total.